The van der Waals surface area contributed by atoms with Gasteiger partial charge in [-0.3, -0.25) is 14.5 Å². The lowest BCUT2D eigenvalue weighted by atomic mass is 9.97. The molecule has 3 aromatic rings. The number of hydrogen-bond donors (Lipinski definition) is 2. The average Bonchev–Trinajstić information content (AvgIpc) is 3.12. The van der Waals surface area contributed by atoms with Crippen LogP contribution in [-0.4, -0.2) is 44.5 Å². The molecule has 0 spiro atoms. The second-order valence-electron chi connectivity index (χ2n) is 6.52. The summed E-state index contributed by atoms with van der Waals surface area (Å²) in [6.45, 7) is 1.01. The van der Waals surface area contributed by atoms with Crippen molar-refractivity contribution in [3.63, 3.8) is 0 Å². The molecule has 0 saturated carbocycles. The van der Waals surface area contributed by atoms with Crippen LogP contribution >= 0.6 is 0 Å². The van der Waals surface area contributed by atoms with Crippen LogP contribution in [0.2, 0.25) is 0 Å². The Balaban J connectivity index is 1.40. The van der Waals surface area contributed by atoms with Gasteiger partial charge < -0.3 is 10.2 Å². The van der Waals surface area contributed by atoms with Crippen molar-refractivity contribution in [3.05, 3.63) is 54.7 Å². The van der Waals surface area contributed by atoms with Gasteiger partial charge in [0.05, 0.1) is 5.92 Å². The number of aromatic nitrogens is 3. The molecular formula is C19H20N6O2. The van der Waals surface area contributed by atoms with Crippen molar-refractivity contribution >= 4 is 29.2 Å². The number of amides is 3. The number of likely N-dealkylation sites (tertiary alicyclic amines) is 1. The van der Waals surface area contributed by atoms with Crippen LogP contribution < -0.4 is 10.6 Å². The molecule has 0 radical (unpaired) electrons. The average molecular weight is 364 g/mol. The van der Waals surface area contributed by atoms with Crippen molar-refractivity contribution in [1.82, 2.24) is 19.5 Å². The quantitative estimate of drug-likeness (QED) is 0.747. The zero-order chi connectivity index (χ0) is 18.6. The van der Waals surface area contributed by atoms with Gasteiger partial charge in [0.15, 0.2) is 5.65 Å². The minimum absolute atomic E-state index is 0.148. The smallest absolute Gasteiger partial charge is 0.321 e. The number of para-hydroxylation sites is 1. The highest BCUT2D eigenvalue weighted by molar-refractivity contribution is 5.93. The maximum atomic E-state index is 12.7. The number of rotatable bonds is 3. The van der Waals surface area contributed by atoms with E-state index in [0.717, 1.165) is 18.5 Å². The lowest BCUT2D eigenvalue weighted by Gasteiger charge is -2.31. The Hall–Kier alpha value is -3.42. The molecule has 3 heterocycles. The molecule has 1 aliphatic heterocycles. The molecule has 0 aliphatic carbocycles. The van der Waals surface area contributed by atoms with Crippen molar-refractivity contribution in [2.45, 2.75) is 12.8 Å². The lowest BCUT2D eigenvalue weighted by Crippen LogP contribution is -2.45. The van der Waals surface area contributed by atoms with Crippen LogP contribution in [0.5, 0.6) is 0 Å². The standard InChI is InChI=1S/C19H20N6O2/c26-17(21-18-23-22-16-10-4-5-12-25(16)18)14-7-6-11-24(13-14)19(27)20-15-8-2-1-3-9-15/h1-5,8-10,12,14H,6-7,11,13H2,(H,20,27)(H,21,23,26)/t14-/m1/s1. The van der Waals surface area contributed by atoms with Gasteiger partial charge in [0.25, 0.3) is 0 Å². The first-order valence-electron chi connectivity index (χ1n) is 8.92. The number of nitrogens with zero attached hydrogens (tertiary/aromatic N) is 4. The molecule has 8 nitrogen and oxygen atoms in total. The van der Waals surface area contributed by atoms with Gasteiger partial charge in [-0.15, -0.1) is 10.2 Å². The van der Waals surface area contributed by atoms with Crippen LogP contribution in [0.25, 0.3) is 5.65 Å². The highest BCUT2D eigenvalue weighted by atomic mass is 16.2. The molecule has 1 aromatic carbocycles. The van der Waals surface area contributed by atoms with Gasteiger partial charge in [-0.2, -0.15) is 0 Å². The van der Waals surface area contributed by atoms with Crippen LogP contribution in [0.4, 0.5) is 16.4 Å². The van der Waals surface area contributed by atoms with Gasteiger partial charge in [-0.1, -0.05) is 24.3 Å². The summed E-state index contributed by atoms with van der Waals surface area (Å²) in [5.74, 6) is -0.0387. The number of pyridine rings is 1. The Labute approximate surface area is 156 Å². The fraction of sp³-hybridized carbons (Fsp3) is 0.263. The summed E-state index contributed by atoms with van der Waals surface area (Å²) in [7, 11) is 0. The minimum Gasteiger partial charge on any atom is -0.324 e. The molecule has 0 unspecified atom stereocenters. The second-order valence-corrected chi connectivity index (χ2v) is 6.52. The zero-order valence-corrected chi connectivity index (χ0v) is 14.7. The van der Waals surface area contributed by atoms with Crippen molar-refractivity contribution < 1.29 is 9.59 Å². The third-order valence-corrected chi connectivity index (χ3v) is 4.65. The van der Waals surface area contributed by atoms with Crippen LogP contribution in [0, 0.1) is 5.92 Å². The zero-order valence-electron chi connectivity index (χ0n) is 14.7. The SMILES string of the molecule is O=C(Nc1nnc2ccccn12)[C@@H]1CCCN(C(=O)Nc2ccccc2)C1. The summed E-state index contributed by atoms with van der Waals surface area (Å²) >= 11 is 0. The van der Waals surface area contributed by atoms with Gasteiger partial charge in [0.2, 0.25) is 11.9 Å². The van der Waals surface area contributed by atoms with E-state index >= 15 is 0 Å². The maximum Gasteiger partial charge on any atom is 0.321 e. The number of fused-ring (bicyclic) bond motifs is 1. The van der Waals surface area contributed by atoms with Crippen LogP contribution in [-0.2, 0) is 4.79 Å². The number of hydrogen-bond acceptors (Lipinski definition) is 4. The van der Waals surface area contributed by atoms with Gasteiger partial charge in [0.1, 0.15) is 0 Å². The molecular weight excluding hydrogens is 344 g/mol. The summed E-state index contributed by atoms with van der Waals surface area (Å²) in [5, 5.41) is 13.8. The third-order valence-electron chi connectivity index (χ3n) is 4.65. The van der Waals surface area contributed by atoms with E-state index < -0.39 is 0 Å². The molecule has 27 heavy (non-hydrogen) atoms. The van der Waals surface area contributed by atoms with Gasteiger partial charge in [0, 0.05) is 25.0 Å². The molecule has 0 bridgehead atoms. The second kappa shape index (κ2) is 7.45. The van der Waals surface area contributed by atoms with Crippen molar-refractivity contribution in [2.75, 3.05) is 23.7 Å². The maximum absolute atomic E-state index is 12.7. The number of anilines is 2. The Bertz CT molecular complexity index is 955. The molecule has 1 atom stereocenters. The molecule has 1 aliphatic rings. The fourth-order valence-corrected chi connectivity index (χ4v) is 3.24. The molecule has 8 heteroatoms. The topological polar surface area (TPSA) is 91.6 Å². The van der Waals surface area contributed by atoms with E-state index in [2.05, 4.69) is 20.8 Å². The largest absolute Gasteiger partial charge is 0.324 e. The van der Waals surface area contributed by atoms with Crippen LogP contribution in [0.1, 0.15) is 12.8 Å². The first-order chi connectivity index (χ1) is 13.2. The summed E-state index contributed by atoms with van der Waals surface area (Å²) in [4.78, 5) is 26.9. The van der Waals surface area contributed by atoms with Gasteiger partial charge in [-0.25, -0.2) is 4.79 Å². The highest BCUT2D eigenvalue weighted by Crippen LogP contribution is 2.20. The van der Waals surface area contributed by atoms with Crippen LogP contribution in [0.3, 0.4) is 0 Å². The summed E-state index contributed by atoms with van der Waals surface area (Å²) in [6, 6.07) is 14.6. The van der Waals surface area contributed by atoms with E-state index in [4.69, 9.17) is 0 Å². The highest BCUT2D eigenvalue weighted by Gasteiger charge is 2.29. The molecule has 3 amide bonds. The van der Waals surface area contributed by atoms with Gasteiger partial charge in [-0.05, 0) is 37.1 Å². The lowest BCUT2D eigenvalue weighted by molar-refractivity contribution is -0.121. The predicted molar refractivity (Wildman–Crippen MR) is 101 cm³/mol. The molecule has 4 rings (SSSR count). The first-order valence-corrected chi connectivity index (χ1v) is 8.92. The third kappa shape index (κ3) is 3.74. The Morgan fingerprint density at radius 2 is 1.81 bits per heavy atom. The Kier molecular flexibility index (Phi) is 4.69. The van der Waals surface area contributed by atoms with Crippen LogP contribution in [0.15, 0.2) is 54.7 Å². The predicted octanol–water partition coefficient (Wildman–Crippen LogP) is 2.61. The molecule has 138 valence electrons. The van der Waals surface area contributed by atoms with E-state index in [-0.39, 0.29) is 17.9 Å². The van der Waals surface area contributed by atoms with E-state index in [0.29, 0.717) is 24.7 Å². The Morgan fingerprint density at radius 1 is 1.00 bits per heavy atom. The van der Waals surface area contributed by atoms with E-state index in [1.807, 2.05) is 48.5 Å². The molecule has 2 N–H and O–H groups in total. The fourth-order valence-electron chi connectivity index (χ4n) is 3.24. The van der Waals surface area contributed by atoms with E-state index in [1.54, 1.807) is 15.5 Å². The normalized spacial score (nSPS) is 16.9. The van der Waals surface area contributed by atoms with Crippen molar-refractivity contribution in [3.8, 4) is 0 Å². The number of urea groups is 1. The van der Waals surface area contributed by atoms with Crippen molar-refractivity contribution in [2.24, 2.45) is 5.92 Å². The number of piperidine rings is 1. The molecule has 2 aromatic heterocycles. The molecule has 1 saturated heterocycles. The summed E-state index contributed by atoms with van der Waals surface area (Å²) in [5.41, 5.74) is 1.41. The minimum atomic E-state index is -0.281. The first kappa shape index (κ1) is 17.0. The van der Waals surface area contributed by atoms with Crippen molar-refractivity contribution in [1.29, 1.82) is 0 Å². The number of nitrogens with one attached hydrogen (secondary N) is 2. The van der Waals surface area contributed by atoms with E-state index in [9.17, 15) is 9.59 Å². The number of carbonyl (C=O) groups is 2. The molecule has 1 fully saturated rings. The van der Waals surface area contributed by atoms with E-state index in [1.165, 1.54) is 0 Å². The monoisotopic (exact) mass is 364 g/mol. The number of benzene rings is 1. The summed E-state index contributed by atoms with van der Waals surface area (Å²) < 4.78 is 1.72. The Morgan fingerprint density at radius 3 is 2.67 bits per heavy atom. The van der Waals surface area contributed by atoms with Gasteiger partial charge >= 0.3 is 6.03 Å². The number of carbonyl (C=O) groups excluding carboxylic acids is 2. The summed E-state index contributed by atoms with van der Waals surface area (Å²) in [6.07, 6.45) is 3.31.